The number of methoxy groups -OCH3 is 1. The number of anilines is 1. The molecule has 1 saturated heterocycles. The number of esters is 1. The Morgan fingerprint density at radius 2 is 2.38 bits per heavy atom. The Balaban J connectivity index is 1.55. The molecule has 1 unspecified atom stereocenters. The second-order valence-corrected chi connectivity index (χ2v) is 6.64. The number of nitrogens with zero attached hydrogens (tertiary/aromatic N) is 1. The smallest absolute Gasteiger partial charge is 0.354 e. The van der Waals surface area contributed by atoms with Crippen LogP contribution >= 0.6 is 11.3 Å². The third kappa shape index (κ3) is 4.01. The Morgan fingerprint density at radius 3 is 3.12 bits per heavy atom. The van der Waals surface area contributed by atoms with Crippen LogP contribution < -0.4 is 10.6 Å². The lowest BCUT2D eigenvalue weighted by Crippen LogP contribution is -2.14. The largest absolute Gasteiger partial charge is 0.464 e. The van der Waals surface area contributed by atoms with Gasteiger partial charge in [-0.1, -0.05) is 0 Å². The van der Waals surface area contributed by atoms with Crippen LogP contribution in [0, 0.1) is 5.92 Å². The lowest BCUT2D eigenvalue weighted by Gasteiger charge is -2.06. The number of hydrogen-bond acceptors (Lipinski definition) is 6. The van der Waals surface area contributed by atoms with Gasteiger partial charge in [0.15, 0.2) is 5.13 Å². The van der Waals surface area contributed by atoms with Gasteiger partial charge >= 0.3 is 5.97 Å². The van der Waals surface area contributed by atoms with Gasteiger partial charge in [-0.05, 0) is 37.9 Å². The molecule has 1 fully saturated rings. The fraction of sp³-hybridized carbons (Fsp3) is 0.438. The summed E-state index contributed by atoms with van der Waals surface area (Å²) < 4.78 is 4.66. The highest BCUT2D eigenvalue weighted by molar-refractivity contribution is 7.14. The molecule has 3 heterocycles. The van der Waals surface area contributed by atoms with Crippen molar-refractivity contribution in [3.8, 4) is 11.3 Å². The highest BCUT2D eigenvalue weighted by Gasteiger charge is 2.17. The van der Waals surface area contributed by atoms with Crippen molar-refractivity contribution in [1.82, 2.24) is 15.3 Å². The summed E-state index contributed by atoms with van der Waals surface area (Å²) in [5.41, 5.74) is 1.86. The number of nitrogens with one attached hydrogen (secondary N) is 3. The molecule has 2 aromatic heterocycles. The molecule has 0 aromatic carbocycles. The molecule has 0 spiro atoms. The predicted molar refractivity (Wildman–Crippen MR) is 92.1 cm³/mol. The van der Waals surface area contributed by atoms with Gasteiger partial charge in [-0.3, -0.25) is 4.79 Å². The number of thiazole rings is 1. The minimum absolute atomic E-state index is 0.00730. The number of hydrogen-bond donors (Lipinski definition) is 3. The molecule has 1 amide bonds. The van der Waals surface area contributed by atoms with E-state index in [9.17, 15) is 9.59 Å². The first kappa shape index (κ1) is 16.7. The number of H-pyrrole nitrogens is 1. The van der Waals surface area contributed by atoms with Crippen LogP contribution in [0.1, 0.15) is 29.8 Å². The molecule has 7 nitrogen and oxygen atoms in total. The van der Waals surface area contributed by atoms with Crippen LogP contribution in [0.5, 0.6) is 0 Å². The molecule has 0 aliphatic carbocycles. The van der Waals surface area contributed by atoms with E-state index in [0.29, 0.717) is 28.9 Å². The number of aromatic nitrogens is 2. The van der Waals surface area contributed by atoms with E-state index in [1.807, 2.05) is 5.38 Å². The number of carbonyl (C=O) groups is 2. The van der Waals surface area contributed by atoms with Gasteiger partial charge in [0.25, 0.3) is 0 Å². The molecular formula is C16H20N4O3S. The van der Waals surface area contributed by atoms with Crippen molar-refractivity contribution in [2.24, 2.45) is 5.92 Å². The molecule has 0 bridgehead atoms. The molecule has 24 heavy (non-hydrogen) atoms. The quantitative estimate of drug-likeness (QED) is 0.696. The molecule has 3 rings (SSSR count). The molecular weight excluding hydrogens is 328 g/mol. The van der Waals surface area contributed by atoms with Crippen molar-refractivity contribution in [1.29, 1.82) is 0 Å². The SMILES string of the molecule is COC(=O)c1cc(-c2csc(NC(=O)CCC3CCNC3)n2)c[nH]1. The summed E-state index contributed by atoms with van der Waals surface area (Å²) >= 11 is 1.37. The van der Waals surface area contributed by atoms with E-state index >= 15 is 0 Å². The van der Waals surface area contributed by atoms with E-state index in [1.165, 1.54) is 18.4 Å². The normalized spacial score (nSPS) is 17.0. The summed E-state index contributed by atoms with van der Waals surface area (Å²) in [6.45, 7) is 2.05. The van der Waals surface area contributed by atoms with Crippen LogP contribution in [-0.4, -0.2) is 42.0 Å². The van der Waals surface area contributed by atoms with Gasteiger partial charge < -0.3 is 20.4 Å². The number of amides is 1. The van der Waals surface area contributed by atoms with E-state index < -0.39 is 5.97 Å². The zero-order valence-corrected chi connectivity index (χ0v) is 14.2. The fourth-order valence-electron chi connectivity index (χ4n) is 2.71. The van der Waals surface area contributed by atoms with E-state index in [0.717, 1.165) is 31.5 Å². The minimum Gasteiger partial charge on any atom is -0.464 e. The van der Waals surface area contributed by atoms with Crippen LogP contribution in [0.2, 0.25) is 0 Å². The Kier molecular flexibility index (Phi) is 5.27. The lowest BCUT2D eigenvalue weighted by molar-refractivity contribution is -0.116. The number of carbonyl (C=O) groups excluding carboxylic acids is 2. The van der Waals surface area contributed by atoms with Gasteiger partial charge in [-0.25, -0.2) is 9.78 Å². The first-order chi connectivity index (χ1) is 11.7. The lowest BCUT2D eigenvalue weighted by atomic mass is 10.0. The Bertz CT molecular complexity index is 718. The molecule has 1 atom stereocenters. The Labute approximate surface area is 143 Å². The van der Waals surface area contributed by atoms with Crippen molar-refractivity contribution in [2.75, 3.05) is 25.5 Å². The van der Waals surface area contributed by atoms with Gasteiger partial charge in [0, 0.05) is 23.6 Å². The second kappa shape index (κ2) is 7.59. The van der Waals surface area contributed by atoms with E-state index in [2.05, 4.69) is 25.3 Å². The van der Waals surface area contributed by atoms with Crippen LogP contribution in [-0.2, 0) is 9.53 Å². The number of aromatic amines is 1. The van der Waals surface area contributed by atoms with Crippen molar-refractivity contribution in [2.45, 2.75) is 19.3 Å². The summed E-state index contributed by atoms with van der Waals surface area (Å²) in [5.74, 6) is 0.165. The first-order valence-electron chi connectivity index (χ1n) is 7.89. The van der Waals surface area contributed by atoms with Crippen molar-refractivity contribution < 1.29 is 14.3 Å². The monoisotopic (exact) mass is 348 g/mol. The average molecular weight is 348 g/mol. The van der Waals surface area contributed by atoms with Crippen LogP contribution in [0.15, 0.2) is 17.6 Å². The molecule has 8 heteroatoms. The maximum Gasteiger partial charge on any atom is 0.354 e. The van der Waals surface area contributed by atoms with Gasteiger partial charge in [-0.15, -0.1) is 11.3 Å². The molecule has 3 N–H and O–H groups in total. The summed E-state index contributed by atoms with van der Waals surface area (Å²) in [5, 5.41) is 8.56. The number of rotatable bonds is 6. The van der Waals surface area contributed by atoms with E-state index in [4.69, 9.17) is 0 Å². The summed E-state index contributed by atoms with van der Waals surface area (Å²) in [4.78, 5) is 30.7. The molecule has 0 saturated carbocycles. The maximum absolute atomic E-state index is 12.0. The zero-order valence-electron chi connectivity index (χ0n) is 13.4. The average Bonchev–Trinajstić information content (AvgIpc) is 3.32. The first-order valence-corrected chi connectivity index (χ1v) is 8.77. The second-order valence-electron chi connectivity index (χ2n) is 5.78. The third-order valence-corrected chi connectivity index (χ3v) is 4.83. The summed E-state index contributed by atoms with van der Waals surface area (Å²) in [6.07, 6.45) is 4.25. The highest BCUT2D eigenvalue weighted by atomic mass is 32.1. The van der Waals surface area contributed by atoms with Crippen LogP contribution in [0.3, 0.4) is 0 Å². The van der Waals surface area contributed by atoms with Gasteiger partial charge in [-0.2, -0.15) is 0 Å². The Morgan fingerprint density at radius 1 is 1.50 bits per heavy atom. The fourth-order valence-corrected chi connectivity index (χ4v) is 3.45. The van der Waals surface area contributed by atoms with Crippen LogP contribution in [0.4, 0.5) is 5.13 Å². The molecule has 0 radical (unpaired) electrons. The summed E-state index contributed by atoms with van der Waals surface area (Å²) in [7, 11) is 1.33. The van der Waals surface area contributed by atoms with E-state index in [-0.39, 0.29) is 5.91 Å². The van der Waals surface area contributed by atoms with Gasteiger partial charge in [0.1, 0.15) is 5.69 Å². The zero-order chi connectivity index (χ0) is 16.9. The molecule has 2 aromatic rings. The third-order valence-electron chi connectivity index (χ3n) is 4.08. The maximum atomic E-state index is 12.0. The highest BCUT2D eigenvalue weighted by Crippen LogP contribution is 2.26. The topological polar surface area (TPSA) is 96.1 Å². The molecule has 1 aliphatic heterocycles. The number of ether oxygens (including phenoxy) is 1. The standard InChI is InChI=1S/C16H20N4O3S/c1-23-15(22)12-6-11(8-18-12)13-9-24-16(19-13)20-14(21)3-2-10-4-5-17-7-10/h6,8-10,17-18H,2-5,7H2,1H3,(H,19,20,21). The van der Waals surface area contributed by atoms with Crippen molar-refractivity contribution >= 4 is 28.3 Å². The van der Waals surface area contributed by atoms with Crippen molar-refractivity contribution in [3.63, 3.8) is 0 Å². The van der Waals surface area contributed by atoms with Gasteiger partial charge in [0.05, 0.1) is 12.8 Å². The van der Waals surface area contributed by atoms with E-state index in [1.54, 1.807) is 12.3 Å². The predicted octanol–water partition coefficient (Wildman–Crippen LogP) is 2.25. The van der Waals surface area contributed by atoms with Crippen molar-refractivity contribution in [3.05, 3.63) is 23.3 Å². The van der Waals surface area contributed by atoms with Crippen LogP contribution in [0.25, 0.3) is 11.3 Å². The summed E-state index contributed by atoms with van der Waals surface area (Å²) in [6, 6.07) is 1.68. The molecule has 1 aliphatic rings. The van der Waals surface area contributed by atoms with Gasteiger partial charge in [0.2, 0.25) is 5.91 Å². The molecule has 128 valence electrons. The Hall–Kier alpha value is -2.19. The minimum atomic E-state index is -0.425.